The molecule has 2 aromatic heterocycles. The SMILES string of the molecule is Cn1c2c(sc1=NC(=O)c1cccs1)CCc1ccccc1-2. The third-order valence-corrected chi connectivity index (χ3v) is 5.97. The molecular formula is C17H14N2OS2. The van der Waals surface area contributed by atoms with Gasteiger partial charge in [0.2, 0.25) is 0 Å². The lowest BCUT2D eigenvalue weighted by Crippen LogP contribution is -2.15. The van der Waals surface area contributed by atoms with Crippen molar-refractivity contribution in [2.24, 2.45) is 12.0 Å². The maximum Gasteiger partial charge on any atom is 0.289 e. The number of amides is 1. The number of aryl methyl sites for hydroxylation is 2. The molecule has 1 aliphatic rings. The number of thiazole rings is 1. The van der Waals surface area contributed by atoms with E-state index < -0.39 is 0 Å². The second kappa shape index (κ2) is 5.34. The summed E-state index contributed by atoms with van der Waals surface area (Å²) >= 11 is 3.06. The van der Waals surface area contributed by atoms with E-state index in [-0.39, 0.29) is 5.91 Å². The minimum absolute atomic E-state index is 0.155. The van der Waals surface area contributed by atoms with Crippen LogP contribution in [0.1, 0.15) is 20.1 Å². The summed E-state index contributed by atoms with van der Waals surface area (Å²) < 4.78 is 2.06. The summed E-state index contributed by atoms with van der Waals surface area (Å²) in [5, 5.41) is 1.90. The molecule has 0 unspecified atom stereocenters. The van der Waals surface area contributed by atoms with Crippen molar-refractivity contribution in [2.75, 3.05) is 0 Å². The average Bonchev–Trinajstić information content (AvgIpc) is 3.17. The quantitative estimate of drug-likeness (QED) is 0.672. The standard InChI is InChI=1S/C17H14N2OS2/c1-19-15-12-6-3-2-5-11(12)8-9-13(15)22-17(19)18-16(20)14-7-4-10-21-14/h2-7,10H,8-9H2,1H3. The van der Waals surface area contributed by atoms with E-state index in [1.165, 1.54) is 33.0 Å². The van der Waals surface area contributed by atoms with Crippen LogP contribution in [0.3, 0.4) is 0 Å². The maximum atomic E-state index is 12.2. The van der Waals surface area contributed by atoms with Crippen molar-refractivity contribution in [3.63, 3.8) is 0 Å². The van der Waals surface area contributed by atoms with Gasteiger partial charge in [0.05, 0.1) is 10.6 Å². The molecule has 1 aromatic carbocycles. The Morgan fingerprint density at radius 2 is 2.05 bits per heavy atom. The van der Waals surface area contributed by atoms with E-state index in [1.54, 1.807) is 11.3 Å². The van der Waals surface area contributed by atoms with Gasteiger partial charge < -0.3 is 4.57 Å². The first-order valence-corrected chi connectivity index (χ1v) is 8.83. The van der Waals surface area contributed by atoms with E-state index in [9.17, 15) is 4.79 Å². The van der Waals surface area contributed by atoms with Gasteiger partial charge in [-0.25, -0.2) is 0 Å². The minimum Gasteiger partial charge on any atom is -0.319 e. The van der Waals surface area contributed by atoms with Gasteiger partial charge in [0.25, 0.3) is 5.91 Å². The lowest BCUT2D eigenvalue weighted by atomic mass is 9.93. The fraction of sp³-hybridized carbons (Fsp3) is 0.176. The fourth-order valence-corrected chi connectivity index (χ4v) is 4.60. The molecule has 110 valence electrons. The van der Waals surface area contributed by atoms with Crippen LogP contribution in [0.15, 0.2) is 46.8 Å². The van der Waals surface area contributed by atoms with Gasteiger partial charge in [0.15, 0.2) is 4.80 Å². The van der Waals surface area contributed by atoms with Crippen LogP contribution in [0.2, 0.25) is 0 Å². The molecular weight excluding hydrogens is 312 g/mol. The molecule has 3 nitrogen and oxygen atoms in total. The number of hydrogen-bond acceptors (Lipinski definition) is 3. The third kappa shape index (κ3) is 2.17. The summed E-state index contributed by atoms with van der Waals surface area (Å²) in [6.07, 6.45) is 2.08. The number of aromatic nitrogens is 1. The Hall–Kier alpha value is -1.98. The molecule has 0 saturated heterocycles. The monoisotopic (exact) mass is 326 g/mol. The van der Waals surface area contributed by atoms with Crippen LogP contribution in [-0.4, -0.2) is 10.5 Å². The van der Waals surface area contributed by atoms with Crippen LogP contribution in [0.5, 0.6) is 0 Å². The van der Waals surface area contributed by atoms with Crippen LogP contribution in [0.25, 0.3) is 11.3 Å². The zero-order valence-electron chi connectivity index (χ0n) is 12.1. The van der Waals surface area contributed by atoms with Crippen LogP contribution < -0.4 is 4.80 Å². The molecule has 0 N–H and O–H groups in total. The number of carbonyl (C=O) groups excluding carboxylic acids is 1. The summed E-state index contributed by atoms with van der Waals surface area (Å²) in [5.41, 5.74) is 3.86. The molecule has 0 radical (unpaired) electrons. The van der Waals surface area contributed by atoms with E-state index in [0.29, 0.717) is 4.88 Å². The molecule has 3 aromatic rings. The largest absolute Gasteiger partial charge is 0.319 e. The lowest BCUT2D eigenvalue weighted by Gasteiger charge is -2.16. The van der Waals surface area contributed by atoms with Gasteiger partial charge >= 0.3 is 0 Å². The number of hydrogen-bond donors (Lipinski definition) is 0. The molecule has 0 spiro atoms. The number of rotatable bonds is 1. The van der Waals surface area contributed by atoms with Crippen LogP contribution in [-0.2, 0) is 19.9 Å². The number of carbonyl (C=O) groups is 1. The smallest absolute Gasteiger partial charge is 0.289 e. The van der Waals surface area contributed by atoms with Crippen molar-refractivity contribution in [3.05, 3.63) is 61.9 Å². The fourth-order valence-electron chi connectivity index (χ4n) is 2.87. The summed E-state index contributed by atoms with van der Waals surface area (Å²) in [6, 6.07) is 12.2. The Morgan fingerprint density at radius 1 is 1.18 bits per heavy atom. The van der Waals surface area contributed by atoms with E-state index in [4.69, 9.17) is 0 Å². The summed E-state index contributed by atoms with van der Waals surface area (Å²) in [7, 11) is 2.00. The predicted molar refractivity (Wildman–Crippen MR) is 90.3 cm³/mol. The van der Waals surface area contributed by atoms with Gasteiger partial charge in [0.1, 0.15) is 0 Å². The van der Waals surface area contributed by atoms with E-state index in [2.05, 4.69) is 33.8 Å². The Kier molecular flexibility index (Phi) is 3.32. The molecule has 0 atom stereocenters. The number of fused-ring (bicyclic) bond motifs is 3. The molecule has 1 aliphatic carbocycles. The Balaban J connectivity index is 1.86. The number of benzene rings is 1. The zero-order chi connectivity index (χ0) is 15.1. The highest BCUT2D eigenvalue weighted by Gasteiger charge is 2.21. The van der Waals surface area contributed by atoms with E-state index >= 15 is 0 Å². The Morgan fingerprint density at radius 3 is 2.86 bits per heavy atom. The molecule has 22 heavy (non-hydrogen) atoms. The number of thiophene rings is 1. The lowest BCUT2D eigenvalue weighted by molar-refractivity contribution is 0.100. The summed E-state index contributed by atoms with van der Waals surface area (Å²) in [4.78, 5) is 19.3. The Labute approximate surface area is 136 Å². The van der Waals surface area contributed by atoms with Gasteiger partial charge in [-0.15, -0.1) is 22.7 Å². The predicted octanol–water partition coefficient (Wildman–Crippen LogP) is 3.65. The van der Waals surface area contributed by atoms with Crippen LogP contribution in [0, 0.1) is 0 Å². The molecule has 5 heteroatoms. The second-order valence-corrected chi connectivity index (χ2v) is 7.28. The van der Waals surface area contributed by atoms with E-state index in [1.807, 2.05) is 24.6 Å². The van der Waals surface area contributed by atoms with Gasteiger partial charge in [-0.3, -0.25) is 4.79 Å². The van der Waals surface area contributed by atoms with Crippen molar-refractivity contribution < 1.29 is 4.79 Å². The Bertz CT molecular complexity index is 917. The zero-order valence-corrected chi connectivity index (χ0v) is 13.7. The first-order valence-electron chi connectivity index (χ1n) is 7.13. The van der Waals surface area contributed by atoms with Crippen LogP contribution >= 0.6 is 22.7 Å². The molecule has 2 heterocycles. The second-order valence-electron chi connectivity index (χ2n) is 5.27. The van der Waals surface area contributed by atoms with Crippen molar-refractivity contribution in [2.45, 2.75) is 12.8 Å². The molecule has 0 fully saturated rings. The molecule has 4 rings (SSSR count). The third-order valence-electron chi connectivity index (χ3n) is 3.92. The highest BCUT2D eigenvalue weighted by Crippen LogP contribution is 2.34. The topological polar surface area (TPSA) is 34.4 Å². The molecule has 0 saturated carbocycles. The van der Waals surface area contributed by atoms with Gasteiger partial charge in [-0.1, -0.05) is 30.3 Å². The molecule has 1 amide bonds. The van der Waals surface area contributed by atoms with Gasteiger partial charge in [-0.05, 0) is 29.9 Å². The van der Waals surface area contributed by atoms with Crippen molar-refractivity contribution in [1.29, 1.82) is 0 Å². The molecule has 0 bridgehead atoms. The van der Waals surface area contributed by atoms with Crippen LogP contribution in [0.4, 0.5) is 0 Å². The van der Waals surface area contributed by atoms with Crippen molar-refractivity contribution in [3.8, 4) is 11.3 Å². The highest BCUT2D eigenvalue weighted by molar-refractivity contribution is 7.12. The van der Waals surface area contributed by atoms with Gasteiger partial charge in [0, 0.05) is 17.5 Å². The average molecular weight is 326 g/mol. The summed E-state index contributed by atoms with van der Waals surface area (Å²) in [6.45, 7) is 0. The first kappa shape index (κ1) is 13.7. The maximum absolute atomic E-state index is 12.2. The first-order chi connectivity index (χ1) is 10.7. The number of nitrogens with zero attached hydrogens (tertiary/aromatic N) is 2. The normalized spacial score (nSPS) is 13.8. The minimum atomic E-state index is -0.155. The van der Waals surface area contributed by atoms with Gasteiger partial charge in [-0.2, -0.15) is 4.99 Å². The van der Waals surface area contributed by atoms with Crippen molar-refractivity contribution >= 4 is 28.6 Å². The highest BCUT2D eigenvalue weighted by atomic mass is 32.1. The summed E-state index contributed by atoms with van der Waals surface area (Å²) in [5.74, 6) is -0.155. The molecule has 0 aliphatic heterocycles. The van der Waals surface area contributed by atoms with Crippen molar-refractivity contribution in [1.82, 2.24) is 4.57 Å². The van der Waals surface area contributed by atoms with E-state index in [0.717, 1.165) is 17.6 Å².